The van der Waals surface area contributed by atoms with Crippen molar-refractivity contribution in [1.29, 1.82) is 0 Å². The molecule has 0 atom stereocenters. The Kier molecular flexibility index (Phi) is 3.35. The lowest BCUT2D eigenvalue weighted by molar-refractivity contribution is -0.131. The highest BCUT2D eigenvalue weighted by atomic mass is 32.1. The van der Waals surface area contributed by atoms with Crippen molar-refractivity contribution in [1.82, 2.24) is 9.38 Å². The molecule has 1 N–H and O–H groups in total. The molecule has 0 unspecified atom stereocenters. The van der Waals surface area contributed by atoms with Crippen LogP contribution in [0, 0.1) is 0 Å². The van der Waals surface area contributed by atoms with Crippen molar-refractivity contribution in [2.75, 3.05) is 0 Å². The Hall–Kier alpha value is -1.92. The van der Waals surface area contributed by atoms with E-state index in [2.05, 4.69) is 4.40 Å². The highest BCUT2D eigenvalue weighted by molar-refractivity contribution is 7.17. The molecule has 0 spiro atoms. The Morgan fingerprint density at radius 1 is 1.36 bits per heavy atom. The van der Waals surface area contributed by atoms with Crippen LogP contribution in [0.4, 0.5) is 0 Å². The molecule has 0 bridgehead atoms. The van der Waals surface area contributed by atoms with Crippen LogP contribution in [0.2, 0.25) is 0 Å². The summed E-state index contributed by atoms with van der Waals surface area (Å²) in [6.07, 6.45) is 7.46. The van der Waals surface area contributed by atoms with E-state index in [1.165, 1.54) is 29.5 Å². The summed E-state index contributed by atoms with van der Waals surface area (Å²) >= 11 is 3.37. The molecule has 4 nitrogen and oxygen atoms in total. The van der Waals surface area contributed by atoms with Crippen LogP contribution in [0.1, 0.15) is 29.1 Å². The molecule has 0 amide bonds. The fourth-order valence-electron chi connectivity index (χ4n) is 2.96. The number of carboxylic acids is 1. The molecule has 0 aliphatic heterocycles. The van der Waals surface area contributed by atoms with Gasteiger partial charge >= 0.3 is 5.97 Å². The SMILES string of the molecule is O=C(O)/C=C/c1c(-c2cccs2)nc2sc3c(n12)CCCC3. The number of carbonyl (C=O) groups is 1. The summed E-state index contributed by atoms with van der Waals surface area (Å²) < 4.78 is 2.16. The number of aryl methyl sites for hydroxylation is 2. The lowest BCUT2D eigenvalue weighted by Crippen LogP contribution is -2.03. The molecule has 112 valence electrons. The zero-order chi connectivity index (χ0) is 15.1. The van der Waals surface area contributed by atoms with Crippen LogP contribution < -0.4 is 0 Å². The molecule has 6 heteroatoms. The van der Waals surface area contributed by atoms with E-state index < -0.39 is 5.97 Å². The van der Waals surface area contributed by atoms with E-state index in [0.717, 1.165) is 34.1 Å². The second-order valence-electron chi connectivity index (χ2n) is 5.29. The average Bonchev–Trinajstić information content (AvgIpc) is 3.19. The highest BCUT2D eigenvalue weighted by Gasteiger charge is 2.22. The lowest BCUT2D eigenvalue weighted by atomic mass is 10.0. The van der Waals surface area contributed by atoms with Gasteiger partial charge in [-0.15, -0.1) is 22.7 Å². The van der Waals surface area contributed by atoms with E-state index >= 15 is 0 Å². The fraction of sp³-hybridized carbons (Fsp3) is 0.250. The van der Waals surface area contributed by atoms with Gasteiger partial charge in [-0.2, -0.15) is 0 Å². The number of hydrogen-bond acceptors (Lipinski definition) is 4. The summed E-state index contributed by atoms with van der Waals surface area (Å²) in [5.41, 5.74) is 3.08. The molecule has 1 aliphatic rings. The van der Waals surface area contributed by atoms with Crippen molar-refractivity contribution in [2.45, 2.75) is 25.7 Å². The summed E-state index contributed by atoms with van der Waals surface area (Å²) in [5.74, 6) is -0.934. The van der Waals surface area contributed by atoms with Gasteiger partial charge in [0, 0.05) is 16.6 Å². The van der Waals surface area contributed by atoms with Crippen LogP contribution in [0.5, 0.6) is 0 Å². The van der Waals surface area contributed by atoms with E-state index in [4.69, 9.17) is 10.1 Å². The summed E-state index contributed by atoms with van der Waals surface area (Å²) in [5, 5.41) is 11.0. The molecule has 3 aromatic heterocycles. The van der Waals surface area contributed by atoms with E-state index in [0.29, 0.717) is 0 Å². The second kappa shape index (κ2) is 5.37. The Labute approximate surface area is 135 Å². The molecule has 0 saturated carbocycles. The Bertz CT molecular complexity index is 872. The topological polar surface area (TPSA) is 54.6 Å². The van der Waals surface area contributed by atoms with Gasteiger partial charge in [-0.05, 0) is 43.2 Å². The zero-order valence-corrected chi connectivity index (χ0v) is 13.4. The predicted octanol–water partition coefficient (Wildman–Crippen LogP) is 4.10. The third-order valence-corrected chi connectivity index (χ3v) is 5.91. The van der Waals surface area contributed by atoms with E-state index in [1.54, 1.807) is 28.7 Å². The molecule has 0 fully saturated rings. The molecular weight excluding hydrogens is 316 g/mol. The summed E-state index contributed by atoms with van der Waals surface area (Å²) in [6.45, 7) is 0. The van der Waals surface area contributed by atoms with Gasteiger partial charge in [-0.25, -0.2) is 9.78 Å². The van der Waals surface area contributed by atoms with Gasteiger partial charge in [0.15, 0.2) is 4.96 Å². The molecular formula is C16H14N2O2S2. The van der Waals surface area contributed by atoms with Crippen LogP contribution in [0.15, 0.2) is 23.6 Å². The maximum atomic E-state index is 10.9. The van der Waals surface area contributed by atoms with Gasteiger partial charge in [0.05, 0.1) is 10.6 Å². The van der Waals surface area contributed by atoms with Gasteiger partial charge in [-0.3, -0.25) is 4.40 Å². The van der Waals surface area contributed by atoms with Gasteiger partial charge in [0.1, 0.15) is 5.69 Å². The Balaban J connectivity index is 1.98. The molecule has 0 radical (unpaired) electrons. The smallest absolute Gasteiger partial charge is 0.328 e. The van der Waals surface area contributed by atoms with Crippen molar-refractivity contribution >= 4 is 39.7 Å². The maximum absolute atomic E-state index is 10.9. The third kappa shape index (κ3) is 2.19. The second-order valence-corrected chi connectivity index (χ2v) is 7.30. The quantitative estimate of drug-likeness (QED) is 0.736. The van der Waals surface area contributed by atoms with Crippen LogP contribution in [0.25, 0.3) is 21.6 Å². The Morgan fingerprint density at radius 3 is 3.00 bits per heavy atom. The minimum atomic E-state index is -0.934. The average molecular weight is 330 g/mol. The molecule has 1 aliphatic carbocycles. The first-order valence-electron chi connectivity index (χ1n) is 7.22. The number of thiophene rings is 1. The standard InChI is InChI=1S/C16H14N2O2S2/c19-14(20)8-7-11-15(13-6-3-9-21-13)17-16-18(11)10-4-1-2-5-12(10)22-16/h3,6-9H,1-2,4-5H2,(H,19,20)/b8-7+. The highest BCUT2D eigenvalue weighted by Crippen LogP contribution is 2.36. The first-order chi connectivity index (χ1) is 10.7. The van der Waals surface area contributed by atoms with Crippen LogP contribution in [-0.4, -0.2) is 20.5 Å². The molecule has 3 aromatic rings. The largest absolute Gasteiger partial charge is 0.478 e. The number of carboxylic acid groups (broad SMARTS) is 1. The monoisotopic (exact) mass is 330 g/mol. The number of rotatable bonds is 3. The summed E-state index contributed by atoms with van der Waals surface area (Å²) in [7, 11) is 0. The van der Waals surface area contributed by atoms with Gasteiger partial charge in [0.2, 0.25) is 0 Å². The number of aromatic nitrogens is 2. The minimum absolute atomic E-state index is 0.882. The first-order valence-corrected chi connectivity index (χ1v) is 8.91. The van der Waals surface area contributed by atoms with Crippen molar-refractivity contribution in [3.05, 3.63) is 39.9 Å². The Morgan fingerprint density at radius 2 is 2.23 bits per heavy atom. The number of hydrogen-bond donors (Lipinski definition) is 1. The van der Waals surface area contributed by atoms with Gasteiger partial charge in [-0.1, -0.05) is 6.07 Å². The van der Waals surface area contributed by atoms with E-state index in [-0.39, 0.29) is 0 Å². The van der Waals surface area contributed by atoms with Crippen LogP contribution >= 0.6 is 22.7 Å². The van der Waals surface area contributed by atoms with Gasteiger partial charge < -0.3 is 5.11 Å². The number of nitrogens with zero attached hydrogens (tertiary/aromatic N) is 2. The van der Waals surface area contributed by atoms with Crippen LogP contribution in [-0.2, 0) is 17.6 Å². The summed E-state index contributed by atoms with van der Waals surface area (Å²) in [4.78, 5) is 19.2. The maximum Gasteiger partial charge on any atom is 0.328 e. The summed E-state index contributed by atoms with van der Waals surface area (Å²) in [6, 6.07) is 4.02. The van der Waals surface area contributed by atoms with Crippen molar-refractivity contribution < 1.29 is 9.90 Å². The molecule has 3 heterocycles. The third-order valence-electron chi connectivity index (χ3n) is 3.89. The zero-order valence-electron chi connectivity index (χ0n) is 11.8. The van der Waals surface area contributed by atoms with Gasteiger partial charge in [0.25, 0.3) is 0 Å². The predicted molar refractivity (Wildman–Crippen MR) is 89.7 cm³/mol. The molecule has 0 saturated heterocycles. The number of imidazole rings is 1. The molecule has 4 rings (SSSR count). The van der Waals surface area contributed by atoms with E-state index in [9.17, 15) is 4.79 Å². The van der Waals surface area contributed by atoms with Crippen molar-refractivity contribution in [2.24, 2.45) is 0 Å². The number of fused-ring (bicyclic) bond motifs is 3. The normalized spacial score (nSPS) is 14.7. The minimum Gasteiger partial charge on any atom is -0.478 e. The van der Waals surface area contributed by atoms with Crippen molar-refractivity contribution in [3.63, 3.8) is 0 Å². The lowest BCUT2D eigenvalue weighted by Gasteiger charge is -2.11. The number of aliphatic carboxylic acids is 1. The van der Waals surface area contributed by atoms with E-state index in [1.807, 2.05) is 17.5 Å². The first kappa shape index (κ1) is 13.7. The fourth-order valence-corrected chi connectivity index (χ4v) is 4.90. The van der Waals surface area contributed by atoms with Crippen LogP contribution in [0.3, 0.4) is 0 Å². The van der Waals surface area contributed by atoms with Crippen molar-refractivity contribution in [3.8, 4) is 10.6 Å². The molecule has 0 aromatic carbocycles. The number of thiazole rings is 1. The molecule has 22 heavy (non-hydrogen) atoms.